The molecule has 26 heavy (non-hydrogen) atoms. The molecule has 3 rings (SSSR count). The maximum atomic E-state index is 12.5. The molecular formula is C21H20ClN3O. The van der Waals surface area contributed by atoms with Crippen LogP contribution in [0, 0.1) is 13.8 Å². The van der Waals surface area contributed by atoms with E-state index in [1.54, 1.807) is 12.3 Å². The molecule has 0 bridgehead atoms. The van der Waals surface area contributed by atoms with Crippen molar-refractivity contribution >= 4 is 28.9 Å². The summed E-state index contributed by atoms with van der Waals surface area (Å²) in [5, 5.41) is 6.91. The van der Waals surface area contributed by atoms with Crippen molar-refractivity contribution in [2.24, 2.45) is 0 Å². The molecule has 2 aromatic carbocycles. The lowest BCUT2D eigenvalue weighted by molar-refractivity contribution is 0.102. The summed E-state index contributed by atoms with van der Waals surface area (Å²) in [5.74, 6) is -0.236. The fourth-order valence-electron chi connectivity index (χ4n) is 2.58. The van der Waals surface area contributed by atoms with Gasteiger partial charge in [0.1, 0.15) is 5.69 Å². The Bertz CT molecular complexity index is 940. The number of benzene rings is 2. The average Bonchev–Trinajstić information content (AvgIpc) is 2.65. The van der Waals surface area contributed by atoms with Crippen LogP contribution in [-0.4, -0.2) is 10.9 Å². The summed E-state index contributed by atoms with van der Waals surface area (Å²) in [5.41, 5.74) is 5.14. The molecule has 0 fully saturated rings. The van der Waals surface area contributed by atoms with Crippen LogP contribution in [0.2, 0.25) is 5.02 Å². The molecule has 0 spiro atoms. The number of amides is 1. The van der Waals surface area contributed by atoms with Crippen molar-refractivity contribution in [3.05, 3.63) is 88.2 Å². The molecule has 2 N–H and O–H groups in total. The number of rotatable bonds is 5. The SMILES string of the molecule is Cc1cccc(NC(=O)c2cc(NCc3ccccc3Cl)ccn2)c1C. The zero-order chi connectivity index (χ0) is 18.5. The minimum Gasteiger partial charge on any atom is -0.381 e. The molecule has 1 heterocycles. The molecule has 4 nitrogen and oxygen atoms in total. The lowest BCUT2D eigenvalue weighted by Gasteiger charge is -2.11. The summed E-state index contributed by atoms with van der Waals surface area (Å²) in [6.07, 6.45) is 1.62. The third kappa shape index (κ3) is 4.21. The Morgan fingerprint density at radius 1 is 1.08 bits per heavy atom. The van der Waals surface area contributed by atoms with Crippen molar-refractivity contribution < 1.29 is 4.79 Å². The zero-order valence-electron chi connectivity index (χ0n) is 14.7. The molecule has 5 heteroatoms. The number of pyridine rings is 1. The van der Waals surface area contributed by atoms with Crippen LogP contribution in [0.4, 0.5) is 11.4 Å². The van der Waals surface area contributed by atoms with E-state index in [-0.39, 0.29) is 5.91 Å². The number of anilines is 2. The highest BCUT2D eigenvalue weighted by atomic mass is 35.5. The van der Waals surface area contributed by atoms with Gasteiger partial charge in [-0.2, -0.15) is 0 Å². The number of hydrogen-bond donors (Lipinski definition) is 2. The maximum Gasteiger partial charge on any atom is 0.274 e. The van der Waals surface area contributed by atoms with Crippen LogP contribution < -0.4 is 10.6 Å². The van der Waals surface area contributed by atoms with Gasteiger partial charge < -0.3 is 10.6 Å². The number of carbonyl (C=O) groups is 1. The zero-order valence-corrected chi connectivity index (χ0v) is 15.5. The van der Waals surface area contributed by atoms with Crippen LogP contribution in [0.25, 0.3) is 0 Å². The average molecular weight is 366 g/mol. The van der Waals surface area contributed by atoms with Crippen LogP contribution in [-0.2, 0) is 6.54 Å². The van der Waals surface area contributed by atoms with Gasteiger partial charge in [-0.05, 0) is 54.8 Å². The minimum absolute atomic E-state index is 0.236. The van der Waals surface area contributed by atoms with Gasteiger partial charge in [0.15, 0.2) is 0 Å². The Hall–Kier alpha value is -2.85. The number of hydrogen-bond acceptors (Lipinski definition) is 3. The predicted molar refractivity (Wildman–Crippen MR) is 107 cm³/mol. The molecule has 0 aliphatic carbocycles. The van der Waals surface area contributed by atoms with Gasteiger partial charge in [-0.3, -0.25) is 9.78 Å². The van der Waals surface area contributed by atoms with Gasteiger partial charge in [-0.15, -0.1) is 0 Å². The largest absolute Gasteiger partial charge is 0.381 e. The topological polar surface area (TPSA) is 54.0 Å². The molecule has 0 atom stereocenters. The normalized spacial score (nSPS) is 10.4. The third-order valence-corrected chi connectivity index (χ3v) is 4.65. The van der Waals surface area contributed by atoms with Crippen molar-refractivity contribution in [2.45, 2.75) is 20.4 Å². The summed E-state index contributed by atoms with van der Waals surface area (Å²) < 4.78 is 0. The second kappa shape index (κ2) is 8.02. The Labute approximate surface area is 158 Å². The summed E-state index contributed by atoms with van der Waals surface area (Å²) >= 11 is 6.17. The van der Waals surface area contributed by atoms with E-state index in [0.29, 0.717) is 17.3 Å². The van der Waals surface area contributed by atoms with Gasteiger partial charge in [-0.1, -0.05) is 41.9 Å². The van der Waals surface area contributed by atoms with Gasteiger partial charge in [-0.25, -0.2) is 0 Å². The second-order valence-electron chi connectivity index (χ2n) is 6.08. The number of aromatic nitrogens is 1. The number of nitrogens with zero attached hydrogens (tertiary/aromatic N) is 1. The third-order valence-electron chi connectivity index (χ3n) is 4.29. The van der Waals surface area contributed by atoms with E-state index in [1.165, 1.54) is 0 Å². The Balaban J connectivity index is 1.71. The van der Waals surface area contributed by atoms with E-state index in [1.807, 2.05) is 62.4 Å². The standard InChI is InChI=1S/C21H20ClN3O/c1-14-6-5-9-19(15(14)2)25-21(26)20-12-17(10-11-23-20)24-13-16-7-3-4-8-18(16)22/h3-12H,13H2,1-2H3,(H,23,24)(H,25,26). The van der Waals surface area contributed by atoms with Crippen LogP contribution in [0.5, 0.6) is 0 Å². The summed E-state index contributed by atoms with van der Waals surface area (Å²) in [6.45, 7) is 4.57. The second-order valence-corrected chi connectivity index (χ2v) is 6.48. The molecule has 0 unspecified atom stereocenters. The lowest BCUT2D eigenvalue weighted by Crippen LogP contribution is -2.15. The number of aryl methyl sites for hydroxylation is 1. The summed E-state index contributed by atoms with van der Waals surface area (Å²) in [7, 11) is 0. The van der Waals surface area contributed by atoms with Crippen molar-refractivity contribution in [2.75, 3.05) is 10.6 Å². The van der Waals surface area contributed by atoms with E-state index in [9.17, 15) is 4.79 Å². The molecule has 3 aromatic rings. The van der Waals surface area contributed by atoms with Gasteiger partial charge in [0, 0.05) is 29.1 Å². The fraction of sp³-hybridized carbons (Fsp3) is 0.143. The number of halogens is 1. The molecule has 0 saturated heterocycles. The van der Waals surface area contributed by atoms with E-state index in [4.69, 9.17) is 11.6 Å². The first-order chi connectivity index (χ1) is 12.5. The van der Waals surface area contributed by atoms with Crippen molar-refractivity contribution in [1.82, 2.24) is 4.98 Å². The van der Waals surface area contributed by atoms with Gasteiger partial charge in [0.25, 0.3) is 5.91 Å². The van der Waals surface area contributed by atoms with Crippen LogP contribution in [0.1, 0.15) is 27.2 Å². The summed E-state index contributed by atoms with van der Waals surface area (Å²) in [4.78, 5) is 16.7. The maximum absolute atomic E-state index is 12.5. The molecule has 1 aromatic heterocycles. The molecule has 0 aliphatic heterocycles. The quantitative estimate of drug-likeness (QED) is 0.652. The van der Waals surface area contributed by atoms with Crippen LogP contribution >= 0.6 is 11.6 Å². The molecule has 0 radical (unpaired) electrons. The van der Waals surface area contributed by atoms with Crippen molar-refractivity contribution in [3.63, 3.8) is 0 Å². The van der Waals surface area contributed by atoms with E-state index < -0.39 is 0 Å². The smallest absolute Gasteiger partial charge is 0.274 e. The van der Waals surface area contributed by atoms with Crippen LogP contribution in [0.3, 0.4) is 0 Å². The lowest BCUT2D eigenvalue weighted by atomic mass is 10.1. The van der Waals surface area contributed by atoms with Gasteiger partial charge in [0.2, 0.25) is 0 Å². The first-order valence-corrected chi connectivity index (χ1v) is 8.73. The van der Waals surface area contributed by atoms with E-state index in [2.05, 4.69) is 15.6 Å². The Morgan fingerprint density at radius 2 is 1.88 bits per heavy atom. The van der Waals surface area contributed by atoms with E-state index in [0.717, 1.165) is 28.1 Å². The molecule has 0 saturated carbocycles. The van der Waals surface area contributed by atoms with Crippen molar-refractivity contribution in [1.29, 1.82) is 0 Å². The molecule has 0 aliphatic rings. The molecular weight excluding hydrogens is 346 g/mol. The number of carbonyl (C=O) groups excluding carboxylic acids is 1. The Morgan fingerprint density at radius 3 is 2.69 bits per heavy atom. The minimum atomic E-state index is -0.236. The Kier molecular flexibility index (Phi) is 5.54. The van der Waals surface area contributed by atoms with Gasteiger partial charge >= 0.3 is 0 Å². The molecule has 1 amide bonds. The monoisotopic (exact) mass is 365 g/mol. The first kappa shape index (κ1) is 18.0. The van der Waals surface area contributed by atoms with Crippen molar-refractivity contribution in [3.8, 4) is 0 Å². The first-order valence-electron chi connectivity index (χ1n) is 8.35. The number of nitrogens with one attached hydrogen (secondary N) is 2. The fourth-order valence-corrected chi connectivity index (χ4v) is 2.78. The molecule has 132 valence electrons. The highest BCUT2D eigenvalue weighted by Crippen LogP contribution is 2.20. The van der Waals surface area contributed by atoms with Gasteiger partial charge in [0.05, 0.1) is 0 Å². The summed E-state index contributed by atoms with van der Waals surface area (Å²) in [6, 6.07) is 17.0. The predicted octanol–water partition coefficient (Wildman–Crippen LogP) is 5.22. The van der Waals surface area contributed by atoms with E-state index >= 15 is 0 Å². The highest BCUT2D eigenvalue weighted by molar-refractivity contribution is 6.31. The van der Waals surface area contributed by atoms with Crippen LogP contribution in [0.15, 0.2) is 60.8 Å². The highest BCUT2D eigenvalue weighted by Gasteiger charge is 2.11.